The van der Waals surface area contributed by atoms with Gasteiger partial charge in [0.05, 0.1) is 32.0 Å². The van der Waals surface area contributed by atoms with Crippen LogP contribution in [0.15, 0.2) is 57.0 Å². The average molecular weight is 727 g/mol. The molecule has 280 valence electrons. The van der Waals surface area contributed by atoms with E-state index in [-0.39, 0.29) is 22.5 Å². The Kier molecular flexibility index (Phi) is 12.0. The molecular formula is C32H38O19. The minimum Gasteiger partial charge on any atom is -0.504 e. The summed E-state index contributed by atoms with van der Waals surface area (Å²) in [7, 11) is 1.10. The van der Waals surface area contributed by atoms with E-state index in [1.807, 2.05) is 0 Å². The summed E-state index contributed by atoms with van der Waals surface area (Å²) in [6.45, 7) is 0.126. The minimum absolute atomic E-state index is 0.0419. The summed E-state index contributed by atoms with van der Waals surface area (Å²) in [5, 5.41) is 82.6. The predicted octanol–water partition coefficient (Wildman–Crippen LogP) is -2.59. The third kappa shape index (κ3) is 8.02. The molecule has 4 heterocycles. The van der Waals surface area contributed by atoms with Crippen LogP contribution in [0.2, 0.25) is 0 Å². The van der Waals surface area contributed by atoms with E-state index in [0.717, 1.165) is 25.5 Å². The molecule has 2 fully saturated rings. The van der Waals surface area contributed by atoms with Crippen molar-refractivity contribution >= 4 is 22.9 Å². The number of benzene rings is 1. The number of carbonyl (C=O) groups excluding carboxylic acids is 2. The standard InChI is InChI=1S/C32H38O19/c1-3-13-14(15(29(43)44-2)10-46-30(13)51-32-28(42)25(39)23(37)19(9-33)49-32)7-22(36)45-11-20-24(38)26(40)27(41)31(50-20)48-18-6-12-4-5-21(35)47-17(12)8-16(18)34/h3-6,8,10,14,19-20,23-28,30-34,37-42H,7,9,11H2,1-2H3/b13-3+/t14?,19-,20-,23-,24-,25+,26+,27-,28-,30+,31-,32+/m1/s1. The highest BCUT2D eigenvalue weighted by atomic mass is 16.8. The van der Waals surface area contributed by atoms with Gasteiger partial charge in [0.25, 0.3) is 0 Å². The number of methoxy groups -OCH3 is 1. The van der Waals surface area contributed by atoms with Gasteiger partial charge in [-0.25, -0.2) is 9.59 Å². The molecule has 51 heavy (non-hydrogen) atoms. The van der Waals surface area contributed by atoms with Gasteiger partial charge in [-0.3, -0.25) is 4.79 Å². The normalized spacial score (nSPS) is 34.8. The van der Waals surface area contributed by atoms with Gasteiger partial charge >= 0.3 is 17.6 Å². The first kappa shape index (κ1) is 38.1. The maximum Gasteiger partial charge on any atom is 0.337 e. The fourth-order valence-corrected chi connectivity index (χ4v) is 5.78. The van der Waals surface area contributed by atoms with Gasteiger partial charge in [-0.15, -0.1) is 0 Å². The fraction of sp³-hybridized carbons (Fsp3) is 0.531. The second-order valence-corrected chi connectivity index (χ2v) is 11.8. The van der Waals surface area contributed by atoms with E-state index < -0.39 is 117 Å². The SMILES string of the molecule is C/C=C1\C(CC(=O)OC[C@H]2O[C@@H](Oc3cc4ccc(=O)oc4cc3O)[C@H](O)[C@@H](O)[C@@H]2O)C(C(=O)OC)=CO[C@H]1O[C@@H]1O[C@H](CO)[C@@H](O)[C@H](O)[C@H]1O. The summed E-state index contributed by atoms with van der Waals surface area (Å²) in [6, 6.07) is 4.91. The van der Waals surface area contributed by atoms with E-state index in [4.69, 9.17) is 37.6 Å². The van der Waals surface area contributed by atoms with Crippen LogP contribution in [-0.2, 0) is 38.0 Å². The lowest BCUT2D eigenvalue weighted by Crippen LogP contribution is -2.60. The van der Waals surface area contributed by atoms with Crippen molar-refractivity contribution in [1.29, 1.82) is 0 Å². The molecule has 0 amide bonds. The summed E-state index contributed by atoms with van der Waals surface area (Å²) in [6.07, 6.45) is -16.3. The van der Waals surface area contributed by atoms with Crippen molar-refractivity contribution in [2.45, 2.75) is 81.0 Å². The molecule has 0 radical (unpaired) electrons. The number of aliphatic hydroxyl groups is 7. The number of fused-ring (bicyclic) bond motifs is 1. The number of rotatable bonds is 10. The van der Waals surface area contributed by atoms with Crippen molar-refractivity contribution < 1.29 is 88.0 Å². The van der Waals surface area contributed by atoms with Crippen LogP contribution in [0, 0.1) is 5.92 Å². The summed E-state index contributed by atoms with van der Waals surface area (Å²) in [5.74, 6) is -3.68. The number of phenols is 1. The fourth-order valence-electron chi connectivity index (χ4n) is 5.78. The van der Waals surface area contributed by atoms with Crippen LogP contribution in [0.3, 0.4) is 0 Å². The van der Waals surface area contributed by atoms with Crippen molar-refractivity contribution in [3.8, 4) is 11.5 Å². The molecule has 12 atom stereocenters. The molecular weight excluding hydrogens is 688 g/mol. The molecule has 1 aromatic heterocycles. The van der Waals surface area contributed by atoms with Crippen LogP contribution >= 0.6 is 0 Å². The molecule has 0 bridgehead atoms. The van der Waals surface area contributed by atoms with Crippen LogP contribution in [0.4, 0.5) is 0 Å². The van der Waals surface area contributed by atoms with Crippen LogP contribution in [0.1, 0.15) is 13.3 Å². The molecule has 3 aliphatic heterocycles. The molecule has 0 spiro atoms. The summed E-state index contributed by atoms with van der Waals surface area (Å²) >= 11 is 0. The number of allylic oxidation sites excluding steroid dienone is 1. The monoisotopic (exact) mass is 726 g/mol. The zero-order valence-electron chi connectivity index (χ0n) is 27.1. The number of aromatic hydroxyl groups is 1. The van der Waals surface area contributed by atoms with E-state index in [1.54, 1.807) is 0 Å². The molecule has 8 N–H and O–H groups in total. The summed E-state index contributed by atoms with van der Waals surface area (Å²) < 4.78 is 43.0. The smallest absolute Gasteiger partial charge is 0.337 e. The van der Waals surface area contributed by atoms with Crippen LogP contribution in [0.25, 0.3) is 11.0 Å². The molecule has 0 aliphatic carbocycles. The van der Waals surface area contributed by atoms with E-state index >= 15 is 0 Å². The Balaban J connectivity index is 1.27. The molecule has 2 aromatic rings. The lowest BCUT2D eigenvalue weighted by Gasteiger charge is -2.42. The minimum atomic E-state index is -1.85. The zero-order valence-corrected chi connectivity index (χ0v) is 27.1. The van der Waals surface area contributed by atoms with Gasteiger partial charge in [-0.05, 0) is 19.1 Å². The van der Waals surface area contributed by atoms with Crippen molar-refractivity contribution in [3.05, 3.63) is 58.2 Å². The topological polar surface area (TPSA) is 291 Å². The second-order valence-electron chi connectivity index (χ2n) is 11.8. The van der Waals surface area contributed by atoms with Gasteiger partial charge in [0.1, 0.15) is 61.0 Å². The number of esters is 2. The van der Waals surface area contributed by atoms with Gasteiger partial charge in [0.15, 0.2) is 17.8 Å². The maximum atomic E-state index is 13.2. The maximum absolute atomic E-state index is 13.2. The van der Waals surface area contributed by atoms with Gasteiger partial charge in [-0.2, -0.15) is 0 Å². The number of hydrogen-bond donors (Lipinski definition) is 8. The molecule has 3 aliphatic rings. The van der Waals surface area contributed by atoms with Gasteiger partial charge in [-0.1, -0.05) is 6.08 Å². The van der Waals surface area contributed by atoms with Crippen molar-refractivity contribution in [1.82, 2.24) is 0 Å². The number of ether oxygens (including phenoxy) is 7. The predicted molar refractivity (Wildman–Crippen MR) is 164 cm³/mol. The Morgan fingerprint density at radius 1 is 0.902 bits per heavy atom. The number of hydrogen-bond acceptors (Lipinski definition) is 19. The summed E-state index contributed by atoms with van der Waals surface area (Å²) in [4.78, 5) is 37.3. The number of aliphatic hydroxyl groups excluding tert-OH is 7. The first-order valence-electron chi connectivity index (χ1n) is 15.6. The van der Waals surface area contributed by atoms with E-state index in [9.17, 15) is 55.2 Å². The molecule has 2 saturated heterocycles. The molecule has 19 nitrogen and oxygen atoms in total. The highest BCUT2D eigenvalue weighted by molar-refractivity contribution is 5.90. The van der Waals surface area contributed by atoms with E-state index in [1.165, 1.54) is 25.1 Å². The number of carbonyl (C=O) groups is 2. The zero-order chi connectivity index (χ0) is 37.1. The Hall–Kier alpha value is -4.15. The van der Waals surface area contributed by atoms with Crippen molar-refractivity contribution in [3.63, 3.8) is 0 Å². The molecule has 1 unspecified atom stereocenters. The van der Waals surface area contributed by atoms with Crippen LogP contribution < -0.4 is 10.4 Å². The third-order valence-corrected chi connectivity index (χ3v) is 8.62. The lowest BCUT2D eigenvalue weighted by molar-refractivity contribution is -0.327. The Morgan fingerprint density at radius 2 is 1.57 bits per heavy atom. The van der Waals surface area contributed by atoms with Crippen LogP contribution in [-0.4, -0.2) is 141 Å². The van der Waals surface area contributed by atoms with Gasteiger partial charge in [0.2, 0.25) is 12.6 Å². The highest BCUT2D eigenvalue weighted by Crippen LogP contribution is 2.37. The Morgan fingerprint density at radius 3 is 2.24 bits per heavy atom. The average Bonchev–Trinajstić information content (AvgIpc) is 3.11. The van der Waals surface area contributed by atoms with Gasteiger partial charge < -0.3 is 78.4 Å². The van der Waals surface area contributed by atoms with Gasteiger partial charge in [0, 0.05) is 29.0 Å². The molecule has 5 rings (SSSR count). The largest absolute Gasteiger partial charge is 0.504 e. The molecule has 1 aromatic carbocycles. The van der Waals surface area contributed by atoms with Crippen LogP contribution in [0.5, 0.6) is 11.5 Å². The number of phenolic OH excluding ortho intramolecular Hbond substituents is 1. The van der Waals surface area contributed by atoms with Crippen molar-refractivity contribution in [2.75, 3.05) is 20.3 Å². The molecule has 0 saturated carbocycles. The quantitative estimate of drug-likeness (QED) is 0.0708. The Labute approximate surface area is 288 Å². The summed E-state index contributed by atoms with van der Waals surface area (Å²) in [5.41, 5.74) is -0.595. The van der Waals surface area contributed by atoms with E-state index in [2.05, 4.69) is 0 Å². The van der Waals surface area contributed by atoms with Crippen molar-refractivity contribution in [2.24, 2.45) is 5.92 Å². The lowest BCUT2D eigenvalue weighted by atomic mass is 9.86. The first-order chi connectivity index (χ1) is 24.3. The Bertz CT molecular complexity index is 1680. The highest BCUT2D eigenvalue weighted by Gasteiger charge is 2.48. The molecule has 19 heteroatoms. The second kappa shape index (κ2) is 16.0. The van der Waals surface area contributed by atoms with E-state index in [0.29, 0.717) is 5.39 Å². The third-order valence-electron chi connectivity index (χ3n) is 8.62. The first-order valence-corrected chi connectivity index (χ1v) is 15.6.